The summed E-state index contributed by atoms with van der Waals surface area (Å²) in [7, 11) is 0.170. The zero-order valence-electron chi connectivity index (χ0n) is 12.9. The molecule has 1 atom stereocenters. The quantitative estimate of drug-likeness (QED) is 0.846. The maximum absolute atomic E-state index is 12.7. The molecule has 1 fully saturated rings. The van der Waals surface area contributed by atoms with Crippen LogP contribution in [0, 0.1) is 12.8 Å². The molecular weight excluding hydrogens is 308 g/mol. The van der Waals surface area contributed by atoms with Crippen LogP contribution in [-0.4, -0.2) is 55.7 Å². The van der Waals surface area contributed by atoms with Crippen molar-refractivity contribution in [3.05, 3.63) is 16.1 Å². The number of thiazole rings is 1. The van der Waals surface area contributed by atoms with Gasteiger partial charge >= 0.3 is 0 Å². The van der Waals surface area contributed by atoms with Crippen molar-refractivity contribution in [1.29, 1.82) is 0 Å². The molecule has 0 aliphatic carbocycles. The van der Waals surface area contributed by atoms with Crippen molar-refractivity contribution in [3.63, 3.8) is 0 Å². The minimum absolute atomic E-state index is 0.395. The molecule has 1 aromatic rings. The van der Waals surface area contributed by atoms with Gasteiger partial charge in [-0.25, -0.2) is 4.98 Å². The van der Waals surface area contributed by atoms with E-state index in [1.165, 1.54) is 15.6 Å². The zero-order chi connectivity index (χ0) is 15.5. The van der Waals surface area contributed by atoms with Crippen LogP contribution in [0.1, 0.15) is 23.4 Å². The fraction of sp³-hybridized carbons (Fsp3) is 0.769. The smallest absolute Gasteiger partial charge is 0.282 e. The fourth-order valence-electron chi connectivity index (χ4n) is 2.65. The number of aryl methyl sites for hydroxylation is 1. The van der Waals surface area contributed by atoms with Crippen molar-refractivity contribution < 1.29 is 8.42 Å². The summed E-state index contributed by atoms with van der Waals surface area (Å²) in [6.07, 6.45) is 2.02. The molecule has 1 aromatic heterocycles. The second-order valence-corrected chi connectivity index (χ2v) is 8.52. The molecule has 0 bridgehead atoms. The van der Waals surface area contributed by atoms with Crippen molar-refractivity contribution in [2.45, 2.75) is 26.3 Å². The van der Waals surface area contributed by atoms with Crippen molar-refractivity contribution in [2.24, 2.45) is 5.92 Å². The van der Waals surface area contributed by atoms with Crippen LogP contribution in [-0.2, 0) is 16.8 Å². The molecule has 1 aliphatic heterocycles. The Hall–Kier alpha value is -0.540. The van der Waals surface area contributed by atoms with E-state index in [-0.39, 0.29) is 0 Å². The van der Waals surface area contributed by atoms with Crippen LogP contribution in [0.4, 0.5) is 0 Å². The number of aromatic nitrogens is 1. The summed E-state index contributed by atoms with van der Waals surface area (Å²) in [6.45, 7) is 4.40. The SMILES string of the molecule is CNCC1CCCN(S(=O)(=O)N(C)Cc2scnc2C)C1. The number of nitrogens with zero attached hydrogens (tertiary/aromatic N) is 3. The van der Waals surface area contributed by atoms with Crippen LogP contribution in [0.2, 0.25) is 0 Å². The summed E-state index contributed by atoms with van der Waals surface area (Å²) in [6, 6.07) is 0. The van der Waals surface area contributed by atoms with Crippen LogP contribution < -0.4 is 5.32 Å². The minimum atomic E-state index is -3.39. The van der Waals surface area contributed by atoms with Gasteiger partial charge < -0.3 is 5.32 Å². The summed E-state index contributed by atoms with van der Waals surface area (Å²) in [5, 5.41) is 3.14. The van der Waals surface area contributed by atoms with Gasteiger partial charge in [-0.15, -0.1) is 11.3 Å². The fourth-order valence-corrected chi connectivity index (χ4v) is 5.01. The summed E-state index contributed by atoms with van der Waals surface area (Å²) in [5.41, 5.74) is 2.67. The highest BCUT2D eigenvalue weighted by atomic mass is 32.2. The largest absolute Gasteiger partial charge is 0.319 e. The first-order valence-corrected chi connectivity index (χ1v) is 9.47. The molecule has 0 radical (unpaired) electrons. The van der Waals surface area contributed by atoms with Gasteiger partial charge in [0.25, 0.3) is 10.2 Å². The van der Waals surface area contributed by atoms with E-state index in [4.69, 9.17) is 0 Å². The molecule has 8 heteroatoms. The van der Waals surface area contributed by atoms with Gasteiger partial charge in [-0.3, -0.25) is 0 Å². The number of rotatable bonds is 6. The van der Waals surface area contributed by atoms with E-state index >= 15 is 0 Å². The summed E-state index contributed by atoms with van der Waals surface area (Å²) < 4.78 is 28.4. The normalized spacial score (nSPS) is 21.0. The van der Waals surface area contributed by atoms with E-state index in [2.05, 4.69) is 10.3 Å². The van der Waals surface area contributed by atoms with Crippen molar-refractivity contribution in [3.8, 4) is 0 Å². The summed E-state index contributed by atoms with van der Waals surface area (Å²) >= 11 is 1.50. The molecule has 2 rings (SSSR count). The first-order chi connectivity index (χ1) is 9.95. The lowest BCUT2D eigenvalue weighted by Gasteiger charge is -2.34. The average molecular weight is 332 g/mol. The van der Waals surface area contributed by atoms with Crippen LogP contribution in [0.15, 0.2) is 5.51 Å². The lowest BCUT2D eigenvalue weighted by molar-refractivity contribution is 0.248. The van der Waals surface area contributed by atoms with Crippen LogP contribution in [0.3, 0.4) is 0 Å². The van der Waals surface area contributed by atoms with E-state index in [0.717, 1.165) is 30.0 Å². The maximum Gasteiger partial charge on any atom is 0.282 e. The highest BCUT2D eigenvalue weighted by Crippen LogP contribution is 2.22. The van der Waals surface area contributed by atoms with Gasteiger partial charge in [0, 0.05) is 25.0 Å². The highest BCUT2D eigenvalue weighted by molar-refractivity contribution is 7.86. The van der Waals surface area contributed by atoms with Crippen molar-refractivity contribution in [2.75, 3.05) is 33.7 Å². The Morgan fingerprint density at radius 3 is 2.95 bits per heavy atom. The molecule has 1 N–H and O–H groups in total. The van der Waals surface area contributed by atoms with Crippen LogP contribution in [0.25, 0.3) is 0 Å². The molecule has 0 saturated carbocycles. The number of hydrogen-bond acceptors (Lipinski definition) is 5. The summed E-state index contributed by atoms with van der Waals surface area (Å²) in [4.78, 5) is 5.18. The minimum Gasteiger partial charge on any atom is -0.319 e. The predicted octanol–water partition coefficient (Wildman–Crippen LogP) is 1.06. The molecule has 21 heavy (non-hydrogen) atoms. The first kappa shape index (κ1) is 16.8. The van der Waals surface area contributed by atoms with Crippen LogP contribution in [0.5, 0.6) is 0 Å². The molecule has 1 unspecified atom stereocenters. The van der Waals surface area contributed by atoms with E-state index in [1.54, 1.807) is 16.9 Å². The molecule has 2 heterocycles. The average Bonchev–Trinajstić information content (AvgIpc) is 2.85. The Morgan fingerprint density at radius 1 is 1.57 bits per heavy atom. The second-order valence-electron chi connectivity index (χ2n) is 5.55. The zero-order valence-corrected chi connectivity index (χ0v) is 14.5. The van der Waals surface area contributed by atoms with Gasteiger partial charge in [0.15, 0.2) is 0 Å². The number of hydrogen-bond donors (Lipinski definition) is 1. The Kier molecular flexibility index (Phi) is 5.73. The highest BCUT2D eigenvalue weighted by Gasteiger charge is 2.32. The van der Waals surface area contributed by atoms with E-state index in [0.29, 0.717) is 25.6 Å². The second kappa shape index (κ2) is 7.15. The van der Waals surface area contributed by atoms with Gasteiger partial charge in [-0.05, 0) is 39.3 Å². The van der Waals surface area contributed by atoms with Gasteiger partial charge in [0.05, 0.1) is 17.7 Å². The predicted molar refractivity (Wildman–Crippen MR) is 85.5 cm³/mol. The third-order valence-electron chi connectivity index (χ3n) is 3.91. The number of nitrogens with one attached hydrogen (secondary N) is 1. The Morgan fingerprint density at radius 2 is 2.33 bits per heavy atom. The molecule has 120 valence electrons. The topological polar surface area (TPSA) is 65.5 Å². The third kappa shape index (κ3) is 4.01. The Labute approximate surface area is 131 Å². The van der Waals surface area contributed by atoms with Gasteiger partial charge in [-0.2, -0.15) is 17.0 Å². The van der Waals surface area contributed by atoms with Gasteiger partial charge in [0.2, 0.25) is 0 Å². The molecule has 6 nitrogen and oxygen atoms in total. The molecule has 1 saturated heterocycles. The lowest BCUT2D eigenvalue weighted by Crippen LogP contribution is -2.47. The lowest BCUT2D eigenvalue weighted by atomic mass is 10.00. The monoisotopic (exact) mass is 332 g/mol. The maximum atomic E-state index is 12.7. The first-order valence-electron chi connectivity index (χ1n) is 7.20. The Balaban J connectivity index is 2.04. The van der Waals surface area contributed by atoms with Crippen molar-refractivity contribution >= 4 is 21.5 Å². The van der Waals surface area contributed by atoms with E-state index < -0.39 is 10.2 Å². The third-order valence-corrected chi connectivity index (χ3v) is 6.73. The summed E-state index contributed by atoms with van der Waals surface area (Å²) in [5.74, 6) is 0.400. The van der Waals surface area contributed by atoms with E-state index in [1.807, 2.05) is 14.0 Å². The van der Waals surface area contributed by atoms with Crippen LogP contribution >= 0.6 is 11.3 Å². The molecular formula is C13H24N4O2S2. The van der Waals surface area contributed by atoms with Gasteiger partial charge in [-0.1, -0.05) is 0 Å². The molecule has 1 aliphatic rings. The molecule has 0 spiro atoms. The molecule has 0 aromatic carbocycles. The van der Waals surface area contributed by atoms with Gasteiger partial charge in [0.1, 0.15) is 0 Å². The Bertz CT molecular complexity index is 556. The number of piperidine rings is 1. The van der Waals surface area contributed by atoms with E-state index in [9.17, 15) is 8.42 Å². The molecule has 0 amide bonds. The van der Waals surface area contributed by atoms with Crippen molar-refractivity contribution in [1.82, 2.24) is 18.9 Å². The standard InChI is InChI=1S/C13H24N4O2S2/c1-11-13(20-10-15-11)9-16(3)21(18,19)17-6-4-5-12(8-17)7-14-2/h10,12,14H,4-9H2,1-3H3.